The minimum Gasteiger partial charge on any atom is -0.491 e. The van der Waals surface area contributed by atoms with Gasteiger partial charge in [0.25, 0.3) is 0 Å². The number of H-pyrrole nitrogens is 2. The first-order valence-electron chi connectivity index (χ1n) is 21.8. The molecule has 0 radical (unpaired) electrons. The number of aromatic amines is 2. The van der Waals surface area contributed by atoms with Gasteiger partial charge in [0, 0.05) is 44.0 Å². The molecule has 2 aromatic heterocycles. The third kappa shape index (κ3) is 11.0. The molecule has 4 atom stereocenters. The number of nitrogens with one attached hydrogen (secondary N) is 4. The van der Waals surface area contributed by atoms with Crippen LogP contribution in [0.1, 0.15) is 77.1 Å². The van der Waals surface area contributed by atoms with Gasteiger partial charge in [-0.25, -0.2) is 19.6 Å². The molecule has 18 nitrogen and oxygen atoms in total. The summed E-state index contributed by atoms with van der Waals surface area (Å²) in [6, 6.07) is 9.78. The molecule has 2 aliphatic rings. The Morgan fingerprint density at radius 3 is 1.59 bits per heavy atom. The van der Waals surface area contributed by atoms with E-state index in [1.54, 1.807) is 36.4 Å². The third-order valence-electron chi connectivity index (χ3n) is 11.6. The van der Waals surface area contributed by atoms with Crippen molar-refractivity contribution in [3.05, 3.63) is 60.4 Å². The van der Waals surface area contributed by atoms with Crippen LogP contribution in [0.3, 0.4) is 0 Å². The number of benzene rings is 2. The Morgan fingerprint density at radius 2 is 1.09 bits per heavy atom. The summed E-state index contributed by atoms with van der Waals surface area (Å²) in [6.45, 7) is 9.98. The summed E-state index contributed by atoms with van der Waals surface area (Å²) >= 11 is 0. The van der Waals surface area contributed by atoms with Crippen LogP contribution >= 0.6 is 0 Å². The standard InChI is InChI=1S/C46H62N8O10/c1-27(2)39(51-45(57)61-7)43(55)53-17-9-11-35(53)41-47-25-33(49-41)30-14-15-31(37(24-30)63-21-19-59-5)29-13-16-32(38(23-29)64-22-20-60-6)34-26-48-42(50-34)36-12-10-18-54(36)44(56)40(28(3)4)52-46(58)62-8/h13-16,23-28,35-36,39-40H,9-12,17-22H2,1-8H3,(H,47,49)(H,48,50)(H,51,57)(H,52,58). The lowest BCUT2D eigenvalue weighted by atomic mass is 9.99. The first kappa shape index (κ1) is 47.3. The van der Waals surface area contributed by atoms with Gasteiger partial charge in [0.2, 0.25) is 11.8 Å². The Morgan fingerprint density at radius 1 is 0.641 bits per heavy atom. The molecule has 6 rings (SSSR count). The average Bonchev–Trinajstić information content (AvgIpc) is 4.14. The van der Waals surface area contributed by atoms with Crippen LogP contribution in [-0.2, 0) is 28.5 Å². The van der Waals surface area contributed by atoms with Crippen molar-refractivity contribution >= 4 is 24.0 Å². The number of amides is 4. The van der Waals surface area contributed by atoms with E-state index in [0.29, 0.717) is 74.8 Å². The van der Waals surface area contributed by atoms with E-state index in [9.17, 15) is 19.2 Å². The smallest absolute Gasteiger partial charge is 0.407 e. The Kier molecular flexibility index (Phi) is 16.3. The van der Waals surface area contributed by atoms with Crippen molar-refractivity contribution in [2.45, 2.75) is 77.5 Å². The summed E-state index contributed by atoms with van der Waals surface area (Å²) in [4.78, 5) is 71.7. The zero-order valence-electron chi connectivity index (χ0n) is 38.0. The lowest BCUT2D eigenvalue weighted by Gasteiger charge is -2.30. The number of rotatable bonds is 19. The fourth-order valence-electron chi connectivity index (χ4n) is 8.23. The molecule has 2 aromatic carbocycles. The average molecular weight is 887 g/mol. The van der Waals surface area contributed by atoms with Crippen LogP contribution in [0.2, 0.25) is 0 Å². The lowest BCUT2D eigenvalue weighted by Crippen LogP contribution is -2.51. The van der Waals surface area contributed by atoms with Crippen molar-refractivity contribution in [1.29, 1.82) is 0 Å². The van der Waals surface area contributed by atoms with E-state index < -0.39 is 24.3 Å². The molecular weight excluding hydrogens is 825 g/mol. The van der Waals surface area contributed by atoms with Gasteiger partial charge in [0.1, 0.15) is 48.4 Å². The maximum Gasteiger partial charge on any atom is 0.407 e. The zero-order chi connectivity index (χ0) is 45.9. The second-order valence-electron chi connectivity index (χ2n) is 16.6. The van der Waals surface area contributed by atoms with Crippen molar-refractivity contribution in [3.8, 4) is 45.1 Å². The summed E-state index contributed by atoms with van der Waals surface area (Å²) in [5.41, 5.74) is 4.72. The van der Waals surface area contributed by atoms with Crippen LogP contribution < -0.4 is 20.1 Å². The maximum atomic E-state index is 13.8. The number of alkyl carbamates (subject to hydrolysis) is 2. The van der Waals surface area contributed by atoms with Gasteiger partial charge in [-0.2, -0.15) is 0 Å². The van der Waals surface area contributed by atoms with Gasteiger partial charge in [-0.3, -0.25) is 9.59 Å². The highest BCUT2D eigenvalue weighted by Crippen LogP contribution is 2.41. The first-order valence-corrected chi connectivity index (χ1v) is 21.8. The highest BCUT2D eigenvalue weighted by atomic mass is 16.5. The van der Waals surface area contributed by atoms with E-state index in [0.717, 1.165) is 47.2 Å². The molecule has 4 aromatic rings. The van der Waals surface area contributed by atoms with Gasteiger partial charge < -0.3 is 58.8 Å². The SMILES string of the molecule is COCCOc1cc(-c2cnc(C3CCCN3C(=O)C(NC(=O)OC)C(C)C)[nH]2)ccc1-c1ccc(-c2cnc(C3CCCN3C(=O)C(NC(=O)OC)C(C)C)[nH]2)c(OCCOC)c1. The topological polar surface area (TPSA) is 212 Å². The normalized spacial score (nSPS) is 17.1. The van der Waals surface area contributed by atoms with Crippen LogP contribution in [0.25, 0.3) is 33.6 Å². The number of imidazole rings is 2. The molecule has 4 unspecified atom stereocenters. The fraction of sp³-hybridized carbons (Fsp3) is 0.522. The monoisotopic (exact) mass is 886 g/mol. The van der Waals surface area contributed by atoms with E-state index in [2.05, 4.69) is 20.6 Å². The number of carbonyl (C=O) groups is 4. The molecule has 2 aliphatic heterocycles. The Bertz CT molecular complexity index is 2220. The van der Waals surface area contributed by atoms with Gasteiger partial charge in [-0.1, -0.05) is 39.8 Å². The minimum absolute atomic E-state index is 0.146. The number of ether oxygens (including phenoxy) is 6. The summed E-state index contributed by atoms with van der Waals surface area (Å²) in [6.07, 6.45) is 5.24. The van der Waals surface area contributed by atoms with Gasteiger partial charge in [0.15, 0.2) is 0 Å². The summed E-state index contributed by atoms with van der Waals surface area (Å²) in [5.74, 6) is 1.84. The molecule has 4 N–H and O–H groups in total. The van der Waals surface area contributed by atoms with Crippen molar-refractivity contribution in [2.75, 3.05) is 68.0 Å². The highest BCUT2D eigenvalue weighted by Gasteiger charge is 2.39. The number of aromatic nitrogens is 4. The van der Waals surface area contributed by atoms with Crippen LogP contribution in [0, 0.1) is 11.8 Å². The van der Waals surface area contributed by atoms with Gasteiger partial charge in [-0.05, 0) is 67.3 Å². The second-order valence-corrected chi connectivity index (χ2v) is 16.6. The summed E-state index contributed by atoms with van der Waals surface area (Å²) in [5, 5.41) is 5.40. The molecule has 4 amide bonds. The second kappa shape index (κ2) is 22.0. The number of nitrogens with zero attached hydrogens (tertiary/aromatic N) is 4. The van der Waals surface area contributed by atoms with Crippen molar-refractivity contribution in [2.24, 2.45) is 11.8 Å². The largest absolute Gasteiger partial charge is 0.491 e. The van der Waals surface area contributed by atoms with Crippen LogP contribution in [0.15, 0.2) is 48.8 Å². The molecule has 4 heterocycles. The van der Waals surface area contributed by atoms with E-state index in [1.807, 2.05) is 64.1 Å². The molecule has 64 heavy (non-hydrogen) atoms. The van der Waals surface area contributed by atoms with E-state index in [-0.39, 0.29) is 35.7 Å². The molecule has 346 valence electrons. The predicted octanol–water partition coefficient (Wildman–Crippen LogP) is 6.27. The zero-order valence-corrected chi connectivity index (χ0v) is 38.0. The highest BCUT2D eigenvalue weighted by molar-refractivity contribution is 5.87. The van der Waals surface area contributed by atoms with Gasteiger partial charge in [-0.15, -0.1) is 0 Å². The Balaban J connectivity index is 1.27. The Hall–Kier alpha value is -6.14. The van der Waals surface area contributed by atoms with Crippen molar-refractivity contribution in [1.82, 2.24) is 40.4 Å². The number of hydrogen-bond acceptors (Lipinski definition) is 12. The van der Waals surface area contributed by atoms with Gasteiger partial charge >= 0.3 is 12.2 Å². The predicted molar refractivity (Wildman–Crippen MR) is 237 cm³/mol. The van der Waals surface area contributed by atoms with Crippen molar-refractivity contribution in [3.63, 3.8) is 0 Å². The summed E-state index contributed by atoms with van der Waals surface area (Å²) < 4.78 is 32.9. The molecule has 0 bridgehead atoms. The molecule has 0 saturated carbocycles. The quantitative estimate of drug-likeness (QED) is 0.0768. The van der Waals surface area contributed by atoms with E-state index in [1.165, 1.54) is 14.2 Å². The third-order valence-corrected chi connectivity index (χ3v) is 11.6. The number of methoxy groups -OCH3 is 4. The Labute approximate surface area is 374 Å². The van der Waals surface area contributed by atoms with E-state index >= 15 is 0 Å². The summed E-state index contributed by atoms with van der Waals surface area (Å²) in [7, 11) is 5.79. The molecule has 2 fully saturated rings. The minimum atomic E-state index is -0.743. The number of hydrogen-bond donors (Lipinski definition) is 4. The van der Waals surface area contributed by atoms with Gasteiger partial charge in [0.05, 0.1) is 63.3 Å². The van der Waals surface area contributed by atoms with Crippen LogP contribution in [0.5, 0.6) is 11.5 Å². The maximum absolute atomic E-state index is 13.8. The van der Waals surface area contributed by atoms with Crippen LogP contribution in [0.4, 0.5) is 9.59 Å². The van der Waals surface area contributed by atoms with E-state index in [4.69, 9.17) is 38.4 Å². The van der Waals surface area contributed by atoms with Crippen molar-refractivity contribution < 1.29 is 47.6 Å². The molecule has 2 saturated heterocycles. The molecule has 18 heteroatoms. The number of carbonyl (C=O) groups excluding carboxylic acids is 4. The first-order chi connectivity index (χ1) is 30.9. The molecule has 0 spiro atoms. The number of likely N-dealkylation sites (tertiary alicyclic amines) is 2. The fourth-order valence-corrected chi connectivity index (χ4v) is 8.23. The molecular formula is C46H62N8O10. The lowest BCUT2D eigenvalue weighted by molar-refractivity contribution is -0.136. The van der Waals surface area contributed by atoms with Crippen LogP contribution in [-0.4, -0.2) is 134 Å². The molecule has 0 aliphatic carbocycles.